The third-order valence-corrected chi connectivity index (χ3v) is 6.50. The molecule has 0 radical (unpaired) electrons. The van der Waals surface area contributed by atoms with Gasteiger partial charge in [-0.25, -0.2) is 0 Å². The minimum atomic E-state index is -0.718. The van der Waals surface area contributed by atoms with Crippen LogP contribution >= 0.6 is 15.9 Å². The van der Waals surface area contributed by atoms with E-state index in [4.69, 9.17) is 0 Å². The van der Waals surface area contributed by atoms with Crippen molar-refractivity contribution in [3.8, 4) is 0 Å². The first kappa shape index (κ1) is 21.1. The van der Waals surface area contributed by atoms with E-state index in [1.807, 2.05) is 75.4 Å². The zero-order valence-corrected chi connectivity index (χ0v) is 19.1. The summed E-state index contributed by atoms with van der Waals surface area (Å²) in [4.78, 5) is 27.9. The Balaban J connectivity index is 1.99. The number of aryl methyl sites for hydroxylation is 3. The fourth-order valence-electron chi connectivity index (χ4n) is 4.02. The number of hydrogen-bond donors (Lipinski definition) is 1. The van der Waals surface area contributed by atoms with Gasteiger partial charge in [-0.1, -0.05) is 70.0 Å². The molecule has 1 atom stereocenters. The molecular formula is C26H22BrNO3. The Morgan fingerprint density at radius 1 is 0.903 bits per heavy atom. The molecule has 1 amide bonds. The average Bonchev–Trinajstić information content (AvgIpc) is 3.01. The third-order valence-electron chi connectivity index (χ3n) is 5.61. The molecule has 4 rings (SSSR count). The standard InChI is InChI=1S/C26H22BrNO3/c1-15-7-6-9-18(13-15)23-22(24(29)19-11-12-20(27)17(3)14-19)25(30)26(31)28(23)21-10-5-4-8-16(21)2/h4-14,23,29H,1-3H3/b24-22-. The molecule has 1 unspecified atom stereocenters. The van der Waals surface area contributed by atoms with Crippen LogP contribution in [-0.4, -0.2) is 16.8 Å². The van der Waals surface area contributed by atoms with Crippen molar-refractivity contribution in [3.05, 3.63) is 105 Å². The SMILES string of the molecule is Cc1cccc(C2/C(=C(/O)c3ccc(Br)c(C)c3)C(=O)C(=O)N2c2ccccc2C)c1. The number of hydrogen-bond acceptors (Lipinski definition) is 3. The number of rotatable bonds is 3. The van der Waals surface area contributed by atoms with Gasteiger partial charge in [-0.15, -0.1) is 0 Å². The molecule has 5 heteroatoms. The van der Waals surface area contributed by atoms with E-state index in [-0.39, 0.29) is 11.3 Å². The molecule has 0 bridgehead atoms. The molecule has 4 nitrogen and oxygen atoms in total. The monoisotopic (exact) mass is 475 g/mol. The maximum atomic E-state index is 13.2. The number of benzene rings is 3. The van der Waals surface area contributed by atoms with Gasteiger partial charge in [0.25, 0.3) is 11.7 Å². The van der Waals surface area contributed by atoms with Gasteiger partial charge in [0.1, 0.15) is 5.76 Å². The number of carbonyl (C=O) groups is 2. The van der Waals surface area contributed by atoms with E-state index in [2.05, 4.69) is 15.9 Å². The van der Waals surface area contributed by atoms with Gasteiger partial charge in [0.2, 0.25) is 0 Å². The minimum Gasteiger partial charge on any atom is -0.507 e. The molecule has 31 heavy (non-hydrogen) atoms. The number of nitrogens with zero attached hydrogens (tertiary/aromatic N) is 1. The lowest BCUT2D eigenvalue weighted by molar-refractivity contribution is -0.132. The van der Waals surface area contributed by atoms with Crippen LogP contribution in [0.2, 0.25) is 0 Å². The first-order valence-corrected chi connectivity index (χ1v) is 10.8. The number of aliphatic hydroxyl groups excluding tert-OH is 1. The number of Topliss-reactive ketones (excluding diaryl/α,β-unsaturated/α-hetero) is 1. The number of para-hydroxylation sites is 1. The molecule has 0 aliphatic carbocycles. The van der Waals surface area contributed by atoms with E-state index in [9.17, 15) is 14.7 Å². The van der Waals surface area contributed by atoms with Crippen molar-refractivity contribution < 1.29 is 14.7 Å². The second-order valence-electron chi connectivity index (χ2n) is 7.83. The van der Waals surface area contributed by atoms with Crippen molar-refractivity contribution >= 4 is 39.1 Å². The molecule has 0 aromatic heterocycles. The molecule has 0 spiro atoms. The van der Waals surface area contributed by atoms with Crippen molar-refractivity contribution in [3.63, 3.8) is 0 Å². The zero-order valence-electron chi connectivity index (χ0n) is 17.5. The fourth-order valence-corrected chi connectivity index (χ4v) is 4.26. The van der Waals surface area contributed by atoms with Crippen LogP contribution in [0.4, 0.5) is 5.69 Å². The molecule has 3 aromatic rings. The second kappa shape index (κ2) is 8.16. The van der Waals surface area contributed by atoms with E-state index in [1.165, 1.54) is 4.90 Å². The van der Waals surface area contributed by atoms with Crippen LogP contribution in [0.1, 0.15) is 33.9 Å². The molecule has 3 aromatic carbocycles. The van der Waals surface area contributed by atoms with Crippen molar-refractivity contribution in [1.29, 1.82) is 0 Å². The molecular weight excluding hydrogens is 454 g/mol. The quantitative estimate of drug-likeness (QED) is 0.287. The topological polar surface area (TPSA) is 57.6 Å². The van der Waals surface area contributed by atoms with E-state index in [1.54, 1.807) is 12.1 Å². The summed E-state index contributed by atoms with van der Waals surface area (Å²) in [5, 5.41) is 11.2. The first-order chi connectivity index (χ1) is 14.8. The van der Waals surface area contributed by atoms with Gasteiger partial charge in [0.15, 0.2) is 0 Å². The molecule has 1 fully saturated rings. The summed E-state index contributed by atoms with van der Waals surface area (Å²) in [6.45, 7) is 5.77. The largest absolute Gasteiger partial charge is 0.507 e. The van der Waals surface area contributed by atoms with Crippen molar-refractivity contribution in [2.45, 2.75) is 26.8 Å². The van der Waals surface area contributed by atoms with Gasteiger partial charge in [-0.3, -0.25) is 14.5 Å². The number of anilines is 1. The van der Waals surface area contributed by atoms with E-state index in [0.29, 0.717) is 11.3 Å². The summed E-state index contributed by atoms with van der Waals surface area (Å²) < 4.78 is 0.902. The van der Waals surface area contributed by atoms with Crippen LogP contribution in [0.3, 0.4) is 0 Å². The first-order valence-electron chi connectivity index (χ1n) is 9.99. The van der Waals surface area contributed by atoms with E-state index in [0.717, 1.165) is 26.7 Å². The highest BCUT2D eigenvalue weighted by atomic mass is 79.9. The lowest BCUT2D eigenvalue weighted by Crippen LogP contribution is -2.30. The summed E-state index contributed by atoms with van der Waals surface area (Å²) in [6, 6.07) is 19.8. The number of halogens is 1. The van der Waals surface area contributed by atoms with Gasteiger partial charge in [0, 0.05) is 15.7 Å². The maximum absolute atomic E-state index is 13.2. The summed E-state index contributed by atoms with van der Waals surface area (Å²) in [7, 11) is 0. The van der Waals surface area contributed by atoms with Crippen LogP contribution in [0.15, 0.2) is 76.8 Å². The molecule has 1 saturated heterocycles. The molecule has 1 N–H and O–H groups in total. The molecule has 0 saturated carbocycles. The molecule has 156 valence electrons. The summed E-state index contributed by atoms with van der Waals surface area (Å²) in [5.74, 6) is -1.50. The zero-order chi connectivity index (χ0) is 22.3. The van der Waals surface area contributed by atoms with Crippen LogP contribution in [0.5, 0.6) is 0 Å². The van der Waals surface area contributed by atoms with E-state index >= 15 is 0 Å². The number of ketones is 1. The summed E-state index contributed by atoms with van der Waals surface area (Å²) in [5.41, 5.74) is 4.83. The van der Waals surface area contributed by atoms with Crippen LogP contribution in [0, 0.1) is 20.8 Å². The lowest BCUT2D eigenvalue weighted by atomic mass is 9.93. The lowest BCUT2D eigenvalue weighted by Gasteiger charge is -2.27. The highest BCUT2D eigenvalue weighted by Gasteiger charge is 2.47. The summed E-state index contributed by atoms with van der Waals surface area (Å²) >= 11 is 3.46. The van der Waals surface area contributed by atoms with E-state index < -0.39 is 17.7 Å². The number of amides is 1. The average molecular weight is 476 g/mol. The smallest absolute Gasteiger partial charge is 0.300 e. The third kappa shape index (κ3) is 3.70. The Bertz CT molecular complexity index is 1240. The second-order valence-corrected chi connectivity index (χ2v) is 8.69. The predicted octanol–water partition coefficient (Wildman–Crippen LogP) is 6.00. The van der Waals surface area contributed by atoms with Crippen LogP contribution < -0.4 is 4.90 Å². The Morgan fingerprint density at radius 3 is 2.32 bits per heavy atom. The highest BCUT2D eigenvalue weighted by Crippen LogP contribution is 2.43. The number of aliphatic hydroxyl groups is 1. The highest BCUT2D eigenvalue weighted by molar-refractivity contribution is 9.10. The van der Waals surface area contributed by atoms with Crippen LogP contribution in [-0.2, 0) is 9.59 Å². The van der Waals surface area contributed by atoms with Gasteiger partial charge in [-0.2, -0.15) is 0 Å². The molecule has 1 aliphatic rings. The van der Waals surface area contributed by atoms with Gasteiger partial charge >= 0.3 is 0 Å². The Kier molecular flexibility index (Phi) is 5.54. The van der Waals surface area contributed by atoms with Crippen molar-refractivity contribution in [2.75, 3.05) is 4.90 Å². The Hall–Kier alpha value is -3.18. The van der Waals surface area contributed by atoms with Crippen molar-refractivity contribution in [2.24, 2.45) is 0 Å². The fraction of sp³-hybridized carbons (Fsp3) is 0.154. The minimum absolute atomic E-state index is 0.0978. The Labute approximate surface area is 190 Å². The maximum Gasteiger partial charge on any atom is 0.300 e. The molecule has 1 aliphatic heterocycles. The normalized spacial score (nSPS) is 17.9. The summed E-state index contributed by atoms with van der Waals surface area (Å²) in [6.07, 6.45) is 0. The number of carbonyl (C=O) groups excluding carboxylic acids is 2. The molecule has 1 heterocycles. The van der Waals surface area contributed by atoms with Crippen molar-refractivity contribution in [1.82, 2.24) is 0 Å². The predicted molar refractivity (Wildman–Crippen MR) is 126 cm³/mol. The van der Waals surface area contributed by atoms with Crippen LogP contribution in [0.25, 0.3) is 5.76 Å². The van der Waals surface area contributed by atoms with Gasteiger partial charge in [-0.05, 0) is 55.7 Å². The Morgan fingerprint density at radius 2 is 1.65 bits per heavy atom. The van der Waals surface area contributed by atoms with Gasteiger partial charge < -0.3 is 5.11 Å². The van der Waals surface area contributed by atoms with Gasteiger partial charge in [0.05, 0.1) is 11.6 Å².